The van der Waals surface area contributed by atoms with Crippen molar-refractivity contribution in [1.82, 2.24) is 49.7 Å². The van der Waals surface area contributed by atoms with Crippen LogP contribution in [0.15, 0.2) is 86.0 Å². The summed E-state index contributed by atoms with van der Waals surface area (Å²) < 4.78 is 81.4. The molecule has 0 spiro atoms. The summed E-state index contributed by atoms with van der Waals surface area (Å²) >= 11 is 0. The average Bonchev–Trinajstić information content (AvgIpc) is 4.24. The van der Waals surface area contributed by atoms with Crippen LogP contribution < -0.4 is 31.1 Å². The highest BCUT2D eigenvalue weighted by Gasteiger charge is 2.55. The molecule has 12 atom stereocenters. The molecule has 4 aromatic heterocycles. The molecule has 73 heavy (non-hydrogen) atoms. The van der Waals surface area contributed by atoms with Crippen LogP contribution >= 0.6 is 15.6 Å². The molecule has 0 saturated carbocycles. The number of amides is 4. The Morgan fingerprint density at radius 3 is 1.42 bits per heavy atom. The van der Waals surface area contributed by atoms with Crippen LogP contribution in [-0.4, -0.2) is 127 Å². The molecule has 8 heterocycles. The lowest BCUT2D eigenvalue weighted by Crippen LogP contribution is -2.33. The first-order valence-corrected chi connectivity index (χ1v) is 25.4. The number of anilines is 2. The number of carbonyl (C=O) groups excluding carboxylic acids is 2. The SMILES string of the molecule is CCNC(=O)Nc1ncnc2c1ncn2[C@@H]1O[C@H](COP(=O)([O-])OP(=O)([O-])OC[C@H]2O[C@@H](n3cnc4c(NC(=O)NCC)ncnc43)C3OC(C#Cc4ccccc4)OC32)C2OC(C#Cc3ccccc3)OC21. The predicted octanol–water partition coefficient (Wildman–Crippen LogP) is 2.05. The van der Waals surface area contributed by atoms with Crippen molar-refractivity contribution in [2.75, 3.05) is 36.9 Å². The summed E-state index contributed by atoms with van der Waals surface area (Å²) in [7, 11) is -11.5. The molecule has 4 aliphatic heterocycles. The highest BCUT2D eigenvalue weighted by molar-refractivity contribution is 7.59. The number of urea groups is 2. The fraction of sp³-hybridized carbons (Fsp3) is 0.364. The van der Waals surface area contributed by atoms with E-state index in [4.69, 9.17) is 37.5 Å². The van der Waals surface area contributed by atoms with Crippen molar-refractivity contribution in [3.63, 3.8) is 0 Å². The van der Waals surface area contributed by atoms with E-state index in [0.717, 1.165) is 0 Å². The first-order valence-electron chi connectivity index (χ1n) is 22.5. The van der Waals surface area contributed by atoms with Crippen molar-refractivity contribution >= 4 is 61.7 Å². The van der Waals surface area contributed by atoms with E-state index >= 15 is 0 Å². The zero-order chi connectivity index (χ0) is 50.7. The lowest BCUT2D eigenvalue weighted by Gasteiger charge is -2.32. The van der Waals surface area contributed by atoms with Crippen LogP contribution in [0, 0.1) is 23.7 Å². The van der Waals surface area contributed by atoms with Gasteiger partial charge in [-0.05, 0) is 50.0 Å². The van der Waals surface area contributed by atoms with Gasteiger partial charge in [0.25, 0.3) is 15.6 Å². The first-order chi connectivity index (χ1) is 35.3. The maximum absolute atomic E-state index is 13.3. The summed E-state index contributed by atoms with van der Waals surface area (Å²) in [5, 5.41) is 10.4. The van der Waals surface area contributed by atoms with Crippen molar-refractivity contribution in [3.8, 4) is 23.7 Å². The summed E-state index contributed by atoms with van der Waals surface area (Å²) in [6.07, 6.45) is -5.82. The third kappa shape index (κ3) is 11.1. The number of ether oxygens (including phenoxy) is 6. The van der Waals surface area contributed by atoms with Gasteiger partial charge in [-0.25, -0.2) is 43.8 Å². The lowest BCUT2D eigenvalue weighted by molar-refractivity contribution is -0.247. The molecule has 27 nitrogen and oxygen atoms in total. The maximum Gasteiger partial charge on any atom is 0.320 e. The van der Waals surface area contributed by atoms with Crippen LogP contribution in [0.1, 0.15) is 37.4 Å². The number of nitrogens with zero attached hydrogens (tertiary/aromatic N) is 8. The molecule has 0 radical (unpaired) electrons. The second kappa shape index (κ2) is 21.4. The number of rotatable bonds is 14. The lowest BCUT2D eigenvalue weighted by atomic mass is 10.1. The second-order valence-corrected chi connectivity index (χ2v) is 19.1. The zero-order valence-corrected chi connectivity index (χ0v) is 40.1. The molecule has 29 heteroatoms. The summed E-state index contributed by atoms with van der Waals surface area (Å²) in [4.78, 5) is 77.0. The quantitative estimate of drug-likeness (QED) is 0.0896. The number of aromatic nitrogens is 8. The van der Waals surface area contributed by atoms with E-state index in [0.29, 0.717) is 24.2 Å². The second-order valence-electron chi connectivity index (χ2n) is 16.1. The van der Waals surface area contributed by atoms with Crippen LogP contribution in [0.25, 0.3) is 22.3 Å². The number of fused-ring (bicyclic) bond motifs is 4. The van der Waals surface area contributed by atoms with Crippen molar-refractivity contribution in [2.24, 2.45) is 0 Å². The molecule has 380 valence electrons. The Balaban J connectivity index is 0.835. The third-order valence-electron chi connectivity index (χ3n) is 11.3. The van der Waals surface area contributed by atoms with Gasteiger partial charge in [0.2, 0.25) is 12.6 Å². The van der Waals surface area contributed by atoms with Crippen LogP contribution in [0.4, 0.5) is 21.2 Å². The molecule has 4 aliphatic rings. The Bertz CT molecular complexity index is 3010. The minimum absolute atomic E-state index is 0.0950. The summed E-state index contributed by atoms with van der Waals surface area (Å²) in [5.41, 5.74) is 2.14. The molecular weight excluding hydrogens is 999 g/mol. The first kappa shape index (κ1) is 49.8. The van der Waals surface area contributed by atoms with Gasteiger partial charge >= 0.3 is 12.1 Å². The topological polar surface area (TPSA) is 333 Å². The summed E-state index contributed by atoms with van der Waals surface area (Å²) in [5.74, 6) is 11.9. The molecule has 8 unspecified atom stereocenters. The van der Waals surface area contributed by atoms with Crippen molar-refractivity contribution in [1.29, 1.82) is 0 Å². The fourth-order valence-corrected chi connectivity index (χ4v) is 10.2. The van der Waals surface area contributed by atoms with E-state index in [-0.39, 0.29) is 34.0 Å². The van der Waals surface area contributed by atoms with Crippen molar-refractivity contribution < 1.29 is 70.3 Å². The monoisotopic (exact) mass is 1040 g/mol. The van der Waals surface area contributed by atoms with E-state index in [1.165, 1.54) is 34.4 Å². The molecule has 2 aromatic carbocycles. The average molecular weight is 1040 g/mol. The molecule has 4 saturated heterocycles. The van der Waals surface area contributed by atoms with Gasteiger partial charge in [-0.3, -0.25) is 28.9 Å². The molecule has 4 N–H and O–H groups in total. The van der Waals surface area contributed by atoms with Gasteiger partial charge in [0.05, 0.1) is 25.9 Å². The van der Waals surface area contributed by atoms with E-state index in [2.05, 4.69) is 79.2 Å². The molecule has 4 amide bonds. The number of hydrogen-bond donors (Lipinski definition) is 4. The normalized spacial score (nSPS) is 26.6. The molecule has 4 fully saturated rings. The standard InChI is InChI=1S/C44H44N12O15P2/c1-3-45-43(57)53-37-31-39(49-21-47-37)55(23-51-31)41-35-33(67-29(69-35)17-15-25-11-7-5-8-12-25)27(65-41)19-63-72(59,60)71-73(61,62)64-20-28-34-36(70-30(68-34)18-16-26-13-9-6-10-14-26)42(66-28)56-24-52-32-38(48-22-50-40(32)56)54-44(58)46-4-2/h5-14,21-24,27-30,33-36,41-42H,3-4,19-20H2,1-2H3,(H,59,60)(H,61,62)(H2,45,47,49,53,57)(H2,46,48,50,54,58)/p-2/t27-,28-,29?,30?,33?,34?,35?,36?,41-,42-/m1/s1. The minimum Gasteiger partial charge on any atom is -0.756 e. The van der Waals surface area contributed by atoms with Crippen LogP contribution in [0.2, 0.25) is 0 Å². The molecule has 0 aliphatic carbocycles. The van der Waals surface area contributed by atoms with Gasteiger partial charge in [-0.15, -0.1) is 0 Å². The number of hydrogen-bond acceptors (Lipinski definition) is 21. The predicted molar refractivity (Wildman–Crippen MR) is 246 cm³/mol. The van der Waals surface area contributed by atoms with E-state index < -0.39 is 103 Å². The maximum atomic E-state index is 13.3. The Kier molecular flexibility index (Phi) is 14.6. The number of imidazole rings is 2. The molecule has 10 rings (SSSR count). The highest BCUT2D eigenvalue weighted by atomic mass is 31.3. The number of carbonyl (C=O) groups is 2. The largest absolute Gasteiger partial charge is 0.756 e. The van der Waals surface area contributed by atoms with Gasteiger partial charge in [0.15, 0.2) is 46.4 Å². The summed E-state index contributed by atoms with van der Waals surface area (Å²) in [6.45, 7) is 2.54. The molecule has 6 aromatic rings. The van der Waals surface area contributed by atoms with Gasteiger partial charge in [-0.1, -0.05) is 48.2 Å². The number of phosphoric ester groups is 2. The van der Waals surface area contributed by atoms with Gasteiger partial charge in [0.1, 0.15) is 49.3 Å². The Hall–Kier alpha value is -6.78. The summed E-state index contributed by atoms with van der Waals surface area (Å²) in [6, 6.07) is 17.0. The number of phosphoric acid groups is 2. The Morgan fingerprint density at radius 1 is 0.603 bits per heavy atom. The van der Waals surface area contributed by atoms with Crippen LogP contribution in [0.5, 0.6) is 0 Å². The van der Waals surface area contributed by atoms with E-state index in [1.807, 2.05) is 12.1 Å². The molecule has 0 bridgehead atoms. The van der Waals surface area contributed by atoms with Crippen LogP contribution in [0.3, 0.4) is 0 Å². The Morgan fingerprint density at radius 2 is 1.01 bits per heavy atom. The van der Waals surface area contributed by atoms with Gasteiger partial charge < -0.3 is 57.9 Å². The highest BCUT2D eigenvalue weighted by Crippen LogP contribution is 2.56. The number of benzene rings is 2. The third-order valence-corrected chi connectivity index (χ3v) is 13.8. The van der Waals surface area contributed by atoms with Gasteiger partial charge in [0, 0.05) is 24.2 Å². The smallest absolute Gasteiger partial charge is 0.320 e. The Labute approximate surface area is 413 Å². The minimum atomic E-state index is -5.76. The van der Waals surface area contributed by atoms with Crippen molar-refractivity contribution in [3.05, 3.63) is 97.1 Å². The fourth-order valence-electron chi connectivity index (χ4n) is 8.23. The van der Waals surface area contributed by atoms with Crippen molar-refractivity contribution in [2.45, 2.75) is 75.5 Å². The van der Waals surface area contributed by atoms with Crippen LogP contribution in [-0.2, 0) is 50.9 Å². The van der Waals surface area contributed by atoms with E-state index in [1.54, 1.807) is 62.4 Å². The number of nitrogens with one attached hydrogen (secondary N) is 4. The zero-order valence-electron chi connectivity index (χ0n) is 38.3. The molecular formula is C44H42N12O15P2-2. The van der Waals surface area contributed by atoms with Gasteiger partial charge in [-0.2, -0.15) is 0 Å². The van der Waals surface area contributed by atoms with E-state index in [9.17, 15) is 28.5 Å².